The lowest BCUT2D eigenvalue weighted by Gasteiger charge is -2.25. The molecular weight excluding hydrogens is 481 g/mol. The highest BCUT2D eigenvalue weighted by Crippen LogP contribution is 2.42. The zero-order valence-corrected chi connectivity index (χ0v) is 18.9. The van der Waals surface area contributed by atoms with Crippen molar-refractivity contribution < 1.29 is 40.4 Å². The second kappa shape index (κ2) is 9.30. The highest BCUT2D eigenvalue weighted by molar-refractivity contribution is 7.93. The number of aryl methyl sites for hydroxylation is 1. The Hall–Kier alpha value is -3.65. The maximum atomic E-state index is 13.5. The summed E-state index contributed by atoms with van der Waals surface area (Å²) in [4.78, 5) is 16.1. The minimum Gasteiger partial charge on any atom is -0.493 e. The average molecular weight is 500 g/mol. The van der Waals surface area contributed by atoms with Gasteiger partial charge in [-0.25, -0.2) is 12.7 Å². The fourth-order valence-corrected chi connectivity index (χ4v) is 4.52. The largest absolute Gasteiger partial charge is 0.493 e. The van der Waals surface area contributed by atoms with Crippen LogP contribution in [0.4, 0.5) is 18.9 Å². The summed E-state index contributed by atoms with van der Waals surface area (Å²) in [6, 6.07) is 5.41. The van der Waals surface area contributed by atoms with E-state index < -0.39 is 39.1 Å². The fourth-order valence-electron chi connectivity index (χ4n) is 3.03. The van der Waals surface area contributed by atoms with Crippen LogP contribution in [0.3, 0.4) is 0 Å². The molecule has 0 radical (unpaired) electrons. The van der Waals surface area contributed by atoms with Crippen LogP contribution in [0.5, 0.6) is 11.5 Å². The second-order valence-corrected chi connectivity index (χ2v) is 8.55. The Balaban J connectivity index is 2.33. The molecular formula is C20H19F3N4O6S. The number of nitrogens with two attached hydrogens (primary N) is 1. The number of anilines is 1. The number of methoxy groups -OCH3 is 2. The van der Waals surface area contributed by atoms with Crippen LogP contribution < -0.4 is 19.5 Å². The predicted molar refractivity (Wildman–Crippen MR) is 113 cm³/mol. The molecule has 10 nitrogen and oxygen atoms in total. The van der Waals surface area contributed by atoms with Crippen molar-refractivity contribution in [2.24, 2.45) is 5.73 Å². The first-order valence-corrected chi connectivity index (χ1v) is 10.9. The number of hydrogen-bond acceptors (Lipinski definition) is 9. The van der Waals surface area contributed by atoms with E-state index in [0.29, 0.717) is 12.1 Å². The molecule has 182 valence electrons. The van der Waals surface area contributed by atoms with E-state index in [1.165, 1.54) is 27.2 Å². The van der Waals surface area contributed by atoms with Crippen LogP contribution in [-0.2, 0) is 21.0 Å². The number of sulfonamides is 1. The SMILES string of the molecule is COc1cc(-c2nc(C)no2)c(N(C(=O)CN)S(=O)(=O)c2cccc(C(F)(F)F)c2)cc1OC. The lowest BCUT2D eigenvalue weighted by atomic mass is 10.1. The first-order valence-electron chi connectivity index (χ1n) is 9.46. The third-order valence-electron chi connectivity index (χ3n) is 4.58. The predicted octanol–water partition coefficient (Wildman–Crippen LogP) is 2.76. The molecule has 0 aliphatic carbocycles. The molecule has 0 spiro atoms. The van der Waals surface area contributed by atoms with Crippen LogP contribution in [0.2, 0.25) is 0 Å². The number of amides is 1. The Kier molecular flexibility index (Phi) is 6.84. The Morgan fingerprint density at radius 1 is 1.15 bits per heavy atom. The second-order valence-electron chi connectivity index (χ2n) is 6.76. The lowest BCUT2D eigenvalue weighted by molar-refractivity contribution is -0.137. The molecule has 0 fully saturated rings. The summed E-state index contributed by atoms with van der Waals surface area (Å²) in [5.41, 5.74) is 3.85. The van der Waals surface area contributed by atoms with Gasteiger partial charge in [-0.2, -0.15) is 18.2 Å². The van der Waals surface area contributed by atoms with E-state index in [2.05, 4.69) is 10.1 Å². The molecule has 0 saturated heterocycles. The normalized spacial score (nSPS) is 11.9. The Bertz CT molecular complexity index is 1320. The summed E-state index contributed by atoms with van der Waals surface area (Å²) in [6.45, 7) is 0.727. The first-order chi connectivity index (χ1) is 15.9. The van der Waals surface area contributed by atoms with E-state index in [1.807, 2.05) is 0 Å². The number of nitrogens with zero attached hydrogens (tertiary/aromatic N) is 3. The van der Waals surface area contributed by atoms with Crippen molar-refractivity contribution in [3.05, 3.63) is 47.8 Å². The molecule has 0 aliphatic heterocycles. The number of alkyl halides is 3. The topological polar surface area (TPSA) is 138 Å². The fraction of sp³-hybridized carbons (Fsp3) is 0.250. The molecule has 2 N–H and O–H groups in total. The summed E-state index contributed by atoms with van der Waals surface area (Å²) < 4.78 is 82.5. The maximum Gasteiger partial charge on any atom is 0.416 e. The van der Waals surface area contributed by atoms with Gasteiger partial charge in [-0.15, -0.1) is 0 Å². The van der Waals surface area contributed by atoms with E-state index in [1.54, 1.807) is 0 Å². The molecule has 1 amide bonds. The Morgan fingerprint density at radius 2 is 1.79 bits per heavy atom. The van der Waals surface area contributed by atoms with E-state index in [0.717, 1.165) is 18.2 Å². The van der Waals surface area contributed by atoms with Gasteiger partial charge in [0.1, 0.15) is 0 Å². The lowest BCUT2D eigenvalue weighted by Crippen LogP contribution is -2.41. The minimum atomic E-state index is -4.90. The number of halogens is 3. The number of carbonyl (C=O) groups is 1. The number of aromatic nitrogens is 2. The summed E-state index contributed by atoms with van der Waals surface area (Å²) in [6.07, 6.45) is -4.82. The van der Waals surface area contributed by atoms with Crippen LogP contribution in [-0.4, -0.2) is 45.2 Å². The number of benzene rings is 2. The molecule has 0 unspecified atom stereocenters. The average Bonchev–Trinajstić information content (AvgIpc) is 3.24. The highest BCUT2D eigenvalue weighted by Gasteiger charge is 2.37. The molecule has 14 heteroatoms. The van der Waals surface area contributed by atoms with Crippen molar-refractivity contribution in [3.8, 4) is 23.0 Å². The van der Waals surface area contributed by atoms with Crippen LogP contribution in [0.25, 0.3) is 11.5 Å². The Morgan fingerprint density at radius 3 is 2.32 bits per heavy atom. The summed E-state index contributed by atoms with van der Waals surface area (Å²) in [5.74, 6) is -0.960. The van der Waals surface area contributed by atoms with Gasteiger partial charge in [0.2, 0.25) is 0 Å². The number of rotatable bonds is 7. The molecule has 2 aromatic carbocycles. The molecule has 0 atom stereocenters. The molecule has 1 aromatic heterocycles. The van der Waals surface area contributed by atoms with Crippen molar-refractivity contribution in [2.45, 2.75) is 18.0 Å². The van der Waals surface area contributed by atoms with Crippen molar-refractivity contribution >= 4 is 21.6 Å². The maximum absolute atomic E-state index is 13.5. The standard InChI is InChI=1S/C20H19F3N4O6S/c1-11-25-19(33-26-11)14-8-16(31-2)17(32-3)9-15(14)27(18(28)10-24)34(29,30)13-6-4-5-12(7-13)20(21,22)23/h4-9H,10,24H2,1-3H3. The molecule has 3 rings (SSSR count). The third-order valence-corrected chi connectivity index (χ3v) is 6.31. The van der Waals surface area contributed by atoms with E-state index in [4.69, 9.17) is 19.7 Å². The number of ether oxygens (including phenoxy) is 2. The minimum absolute atomic E-state index is 0.0200. The summed E-state index contributed by atoms with van der Waals surface area (Å²) >= 11 is 0. The van der Waals surface area contributed by atoms with Gasteiger partial charge in [-0.1, -0.05) is 11.2 Å². The van der Waals surface area contributed by atoms with E-state index in [-0.39, 0.29) is 38.8 Å². The summed E-state index contributed by atoms with van der Waals surface area (Å²) in [5, 5.41) is 3.65. The quantitative estimate of drug-likeness (QED) is 0.519. The van der Waals surface area contributed by atoms with Crippen LogP contribution >= 0.6 is 0 Å². The molecule has 0 bridgehead atoms. The molecule has 0 aliphatic rings. The summed E-state index contributed by atoms with van der Waals surface area (Å²) in [7, 11) is -2.30. The van der Waals surface area contributed by atoms with Gasteiger partial charge in [0.05, 0.1) is 42.5 Å². The molecule has 0 saturated carbocycles. The van der Waals surface area contributed by atoms with Crippen LogP contribution in [0.1, 0.15) is 11.4 Å². The third kappa shape index (κ3) is 4.68. The van der Waals surface area contributed by atoms with Crippen molar-refractivity contribution in [3.63, 3.8) is 0 Å². The zero-order chi connectivity index (χ0) is 25.3. The number of hydrogen-bond donors (Lipinski definition) is 1. The number of carbonyl (C=O) groups excluding carboxylic acids is 1. The smallest absolute Gasteiger partial charge is 0.416 e. The first kappa shape index (κ1) is 25.0. The van der Waals surface area contributed by atoms with Gasteiger partial charge in [-0.05, 0) is 31.2 Å². The molecule has 1 heterocycles. The van der Waals surface area contributed by atoms with Gasteiger partial charge in [-0.3, -0.25) is 4.79 Å². The molecule has 3 aromatic rings. The van der Waals surface area contributed by atoms with E-state index >= 15 is 0 Å². The highest BCUT2D eigenvalue weighted by atomic mass is 32.2. The van der Waals surface area contributed by atoms with Gasteiger partial charge < -0.3 is 19.7 Å². The monoisotopic (exact) mass is 500 g/mol. The van der Waals surface area contributed by atoms with Gasteiger partial charge in [0.25, 0.3) is 21.8 Å². The van der Waals surface area contributed by atoms with E-state index in [9.17, 15) is 26.4 Å². The van der Waals surface area contributed by atoms with Gasteiger partial charge >= 0.3 is 6.18 Å². The van der Waals surface area contributed by atoms with Crippen molar-refractivity contribution in [2.75, 3.05) is 25.1 Å². The van der Waals surface area contributed by atoms with Crippen molar-refractivity contribution in [1.82, 2.24) is 10.1 Å². The molecule has 34 heavy (non-hydrogen) atoms. The van der Waals surface area contributed by atoms with Gasteiger partial charge in [0.15, 0.2) is 17.3 Å². The Labute approximate surface area is 192 Å². The zero-order valence-electron chi connectivity index (χ0n) is 18.1. The van der Waals surface area contributed by atoms with Crippen LogP contribution in [0, 0.1) is 6.92 Å². The van der Waals surface area contributed by atoms with Crippen LogP contribution in [0.15, 0.2) is 45.8 Å². The van der Waals surface area contributed by atoms with Crippen molar-refractivity contribution in [1.29, 1.82) is 0 Å². The van der Waals surface area contributed by atoms with Gasteiger partial charge in [0, 0.05) is 6.07 Å².